The molecular formula is C16H16FN3O. The second-order valence-corrected chi connectivity index (χ2v) is 5.06. The first kappa shape index (κ1) is 13.7. The van der Waals surface area contributed by atoms with Gasteiger partial charge in [0.1, 0.15) is 5.82 Å². The molecule has 0 spiro atoms. The summed E-state index contributed by atoms with van der Waals surface area (Å²) < 4.78 is 13.1. The number of nitrogens with one attached hydrogen (secondary N) is 2. The van der Waals surface area contributed by atoms with Crippen molar-refractivity contribution in [3.8, 4) is 0 Å². The van der Waals surface area contributed by atoms with Gasteiger partial charge in [-0.15, -0.1) is 0 Å². The summed E-state index contributed by atoms with van der Waals surface area (Å²) in [7, 11) is 0. The number of halogens is 1. The van der Waals surface area contributed by atoms with Crippen LogP contribution < -0.4 is 10.6 Å². The van der Waals surface area contributed by atoms with Crippen molar-refractivity contribution in [2.24, 2.45) is 0 Å². The van der Waals surface area contributed by atoms with E-state index in [0.717, 1.165) is 19.2 Å². The molecule has 108 valence electrons. The van der Waals surface area contributed by atoms with Crippen LogP contribution in [0.4, 0.5) is 4.39 Å². The molecule has 3 rings (SSSR count). The third kappa shape index (κ3) is 3.08. The van der Waals surface area contributed by atoms with E-state index in [9.17, 15) is 9.18 Å². The molecule has 1 aromatic heterocycles. The molecule has 0 bridgehead atoms. The van der Waals surface area contributed by atoms with Gasteiger partial charge in [0, 0.05) is 18.8 Å². The van der Waals surface area contributed by atoms with Gasteiger partial charge in [0.25, 0.3) is 5.91 Å². The smallest absolute Gasteiger partial charge is 0.253 e. The van der Waals surface area contributed by atoms with Crippen molar-refractivity contribution in [2.45, 2.75) is 12.5 Å². The van der Waals surface area contributed by atoms with E-state index >= 15 is 0 Å². The van der Waals surface area contributed by atoms with Crippen LogP contribution in [-0.4, -0.2) is 24.0 Å². The topological polar surface area (TPSA) is 54.0 Å². The first-order chi connectivity index (χ1) is 10.2. The standard InChI is InChI=1S/C16H16FN3O/c17-13-7-12(8-18-9-13)16(21)20-10-15-14-4-2-1-3-11(14)5-6-19-15/h1-4,7-9,15,19H,5-6,10H2,(H,20,21). The summed E-state index contributed by atoms with van der Waals surface area (Å²) in [5.74, 6) is -0.823. The van der Waals surface area contributed by atoms with Crippen molar-refractivity contribution in [1.29, 1.82) is 0 Å². The molecule has 1 unspecified atom stereocenters. The molecule has 1 aromatic carbocycles. The van der Waals surface area contributed by atoms with Crippen LogP contribution in [0.3, 0.4) is 0 Å². The van der Waals surface area contributed by atoms with E-state index < -0.39 is 5.82 Å². The highest BCUT2D eigenvalue weighted by Gasteiger charge is 2.19. The lowest BCUT2D eigenvalue weighted by atomic mass is 9.94. The molecular weight excluding hydrogens is 269 g/mol. The van der Waals surface area contributed by atoms with Crippen LogP contribution in [0.25, 0.3) is 0 Å². The molecule has 0 fully saturated rings. The number of carbonyl (C=O) groups is 1. The SMILES string of the molecule is O=C(NCC1NCCc2ccccc21)c1cncc(F)c1. The summed E-state index contributed by atoms with van der Waals surface area (Å²) in [5, 5.41) is 6.22. The van der Waals surface area contributed by atoms with Crippen LogP contribution in [0, 0.1) is 5.82 Å². The predicted octanol–water partition coefficient (Wildman–Crippen LogP) is 1.84. The van der Waals surface area contributed by atoms with Crippen molar-refractivity contribution in [3.63, 3.8) is 0 Å². The summed E-state index contributed by atoms with van der Waals surface area (Å²) in [6.45, 7) is 1.35. The Labute approximate surface area is 122 Å². The first-order valence-electron chi connectivity index (χ1n) is 6.94. The minimum absolute atomic E-state index is 0.0837. The third-order valence-electron chi connectivity index (χ3n) is 3.65. The molecule has 0 aliphatic carbocycles. The Hall–Kier alpha value is -2.27. The molecule has 1 amide bonds. The highest BCUT2D eigenvalue weighted by molar-refractivity contribution is 5.93. The lowest BCUT2D eigenvalue weighted by molar-refractivity contribution is 0.0948. The van der Waals surface area contributed by atoms with Gasteiger partial charge in [0.2, 0.25) is 0 Å². The fourth-order valence-electron chi connectivity index (χ4n) is 2.61. The average Bonchev–Trinajstić information content (AvgIpc) is 2.52. The highest BCUT2D eigenvalue weighted by Crippen LogP contribution is 2.21. The van der Waals surface area contributed by atoms with Crippen LogP contribution in [0.1, 0.15) is 27.5 Å². The molecule has 5 heteroatoms. The molecule has 2 N–H and O–H groups in total. The van der Waals surface area contributed by atoms with E-state index in [1.807, 2.05) is 12.1 Å². The van der Waals surface area contributed by atoms with Gasteiger partial charge in [0.05, 0.1) is 11.8 Å². The number of fused-ring (bicyclic) bond motifs is 1. The zero-order valence-electron chi connectivity index (χ0n) is 11.5. The molecule has 4 nitrogen and oxygen atoms in total. The summed E-state index contributed by atoms with van der Waals surface area (Å²) in [6.07, 6.45) is 3.44. The van der Waals surface area contributed by atoms with Crippen molar-refractivity contribution >= 4 is 5.91 Å². The Morgan fingerprint density at radius 3 is 3.10 bits per heavy atom. The zero-order valence-corrected chi connectivity index (χ0v) is 11.5. The maximum absolute atomic E-state index is 13.1. The number of benzene rings is 1. The van der Waals surface area contributed by atoms with E-state index in [2.05, 4.69) is 27.8 Å². The van der Waals surface area contributed by atoms with Gasteiger partial charge >= 0.3 is 0 Å². The molecule has 21 heavy (non-hydrogen) atoms. The molecule has 1 atom stereocenters. The summed E-state index contributed by atoms with van der Waals surface area (Å²) in [6, 6.07) is 9.48. The first-order valence-corrected chi connectivity index (χ1v) is 6.94. The van der Waals surface area contributed by atoms with E-state index in [1.54, 1.807) is 0 Å². The van der Waals surface area contributed by atoms with Crippen LogP contribution in [0.15, 0.2) is 42.7 Å². The summed E-state index contributed by atoms with van der Waals surface area (Å²) in [4.78, 5) is 15.7. The predicted molar refractivity (Wildman–Crippen MR) is 77.4 cm³/mol. The normalized spacial score (nSPS) is 17.1. The minimum atomic E-state index is -0.510. The Balaban J connectivity index is 1.67. The van der Waals surface area contributed by atoms with Crippen LogP contribution >= 0.6 is 0 Å². The maximum atomic E-state index is 13.1. The van der Waals surface area contributed by atoms with Crippen molar-refractivity contribution in [3.05, 3.63) is 65.2 Å². The molecule has 0 saturated carbocycles. The van der Waals surface area contributed by atoms with Gasteiger partial charge < -0.3 is 10.6 Å². The fraction of sp³-hybridized carbons (Fsp3) is 0.250. The van der Waals surface area contributed by atoms with Crippen molar-refractivity contribution in [1.82, 2.24) is 15.6 Å². The van der Waals surface area contributed by atoms with Gasteiger partial charge in [-0.1, -0.05) is 24.3 Å². The average molecular weight is 285 g/mol. The van der Waals surface area contributed by atoms with E-state index in [4.69, 9.17) is 0 Å². The zero-order chi connectivity index (χ0) is 14.7. The number of hydrogen-bond acceptors (Lipinski definition) is 3. The number of amides is 1. The minimum Gasteiger partial charge on any atom is -0.350 e. The molecule has 0 saturated heterocycles. The number of carbonyl (C=O) groups excluding carboxylic acids is 1. The molecule has 0 radical (unpaired) electrons. The van der Waals surface area contributed by atoms with Gasteiger partial charge in [0.15, 0.2) is 0 Å². The van der Waals surface area contributed by atoms with Crippen LogP contribution in [0.5, 0.6) is 0 Å². The third-order valence-corrected chi connectivity index (χ3v) is 3.65. The number of aromatic nitrogens is 1. The highest BCUT2D eigenvalue weighted by atomic mass is 19.1. The Kier molecular flexibility index (Phi) is 3.92. The largest absolute Gasteiger partial charge is 0.350 e. The Morgan fingerprint density at radius 1 is 1.38 bits per heavy atom. The second kappa shape index (κ2) is 6.01. The van der Waals surface area contributed by atoms with Gasteiger partial charge in [-0.25, -0.2) is 4.39 Å². The summed E-state index contributed by atoms with van der Waals surface area (Å²) >= 11 is 0. The number of nitrogens with zero attached hydrogens (tertiary/aromatic N) is 1. The van der Waals surface area contributed by atoms with E-state index in [0.29, 0.717) is 6.54 Å². The fourth-order valence-corrected chi connectivity index (χ4v) is 2.61. The van der Waals surface area contributed by atoms with Crippen molar-refractivity contribution in [2.75, 3.05) is 13.1 Å². The van der Waals surface area contributed by atoms with Gasteiger partial charge in [-0.05, 0) is 30.2 Å². The van der Waals surface area contributed by atoms with Crippen LogP contribution in [0.2, 0.25) is 0 Å². The molecule has 2 heterocycles. The maximum Gasteiger partial charge on any atom is 0.253 e. The number of rotatable bonds is 3. The molecule has 2 aromatic rings. The van der Waals surface area contributed by atoms with Gasteiger partial charge in [-0.3, -0.25) is 9.78 Å². The van der Waals surface area contributed by atoms with E-state index in [1.165, 1.54) is 23.4 Å². The summed E-state index contributed by atoms with van der Waals surface area (Å²) in [5.41, 5.74) is 2.75. The Morgan fingerprint density at radius 2 is 2.24 bits per heavy atom. The number of pyridine rings is 1. The molecule has 1 aliphatic rings. The second-order valence-electron chi connectivity index (χ2n) is 5.06. The quantitative estimate of drug-likeness (QED) is 0.904. The lowest BCUT2D eigenvalue weighted by Crippen LogP contribution is -2.38. The van der Waals surface area contributed by atoms with Gasteiger partial charge in [-0.2, -0.15) is 0 Å². The Bertz CT molecular complexity index is 659. The van der Waals surface area contributed by atoms with E-state index in [-0.39, 0.29) is 17.5 Å². The number of hydrogen-bond donors (Lipinski definition) is 2. The monoisotopic (exact) mass is 285 g/mol. The molecule has 1 aliphatic heterocycles. The van der Waals surface area contributed by atoms with Crippen molar-refractivity contribution < 1.29 is 9.18 Å². The van der Waals surface area contributed by atoms with Crippen LogP contribution in [-0.2, 0) is 6.42 Å². The lowest BCUT2D eigenvalue weighted by Gasteiger charge is -2.27.